The van der Waals surface area contributed by atoms with Gasteiger partial charge in [0, 0.05) is 19.3 Å². The highest BCUT2D eigenvalue weighted by atomic mass is 16.5. The molecule has 1 aromatic heterocycles. The molecule has 1 aromatic rings. The second-order valence-electron chi connectivity index (χ2n) is 3.25. The van der Waals surface area contributed by atoms with Gasteiger partial charge in [-0.05, 0) is 18.6 Å². The molecule has 0 saturated carbocycles. The molecule has 1 fully saturated rings. The van der Waals surface area contributed by atoms with Crippen LogP contribution < -0.4 is 0 Å². The Hall–Kier alpha value is -1.42. The summed E-state index contributed by atoms with van der Waals surface area (Å²) in [5, 5.41) is 0. The van der Waals surface area contributed by atoms with E-state index in [2.05, 4.69) is 9.88 Å². The molecule has 0 atom stereocenters. The van der Waals surface area contributed by atoms with Gasteiger partial charge in [0.2, 0.25) is 0 Å². The van der Waals surface area contributed by atoms with Crippen LogP contribution in [0.4, 0.5) is 0 Å². The van der Waals surface area contributed by atoms with Crippen molar-refractivity contribution < 1.29 is 9.53 Å². The van der Waals surface area contributed by atoms with Crippen molar-refractivity contribution in [2.75, 3.05) is 19.8 Å². The van der Waals surface area contributed by atoms with Crippen LogP contribution in [0.25, 0.3) is 0 Å². The molecule has 1 saturated heterocycles. The molecule has 0 spiro atoms. The SMILES string of the molecule is O=C(OCN1CCC1)c1ccccn1. The summed E-state index contributed by atoms with van der Waals surface area (Å²) in [6.45, 7) is 2.43. The first-order valence-corrected chi connectivity index (χ1v) is 4.67. The molecule has 0 radical (unpaired) electrons. The summed E-state index contributed by atoms with van der Waals surface area (Å²) < 4.78 is 5.06. The van der Waals surface area contributed by atoms with Crippen molar-refractivity contribution in [1.29, 1.82) is 0 Å². The number of aromatic nitrogens is 1. The Morgan fingerprint density at radius 1 is 1.50 bits per heavy atom. The normalized spacial score (nSPS) is 16.0. The minimum Gasteiger partial charge on any atom is -0.445 e. The lowest BCUT2D eigenvalue weighted by Gasteiger charge is -2.29. The second-order valence-corrected chi connectivity index (χ2v) is 3.25. The summed E-state index contributed by atoms with van der Waals surface area (Å²) in [6, 6.07) is 5.19. The van der Waals surface area contributed by atoms with E-state index < -0.39 is 0 Å². The number of ether oxygens (including phenoxy) is 1. The van der Waals surface area contributed by atoms with Gasteiger partial charge in [-0.15, -0.1) is 0 Å². The molecular weight excluding hydrogens is 180 g/mol. The quantitative estimate of drug-likeness (QED) is 0.667. The van der Waals surface area contributed by atoms with Gasteiger partial charge in [0.25, 0.3) is 0 Å². The number of hydrogen-bond acceptors (Lipinski definition) is 4. The van der Waals surface area contributed by atoms with E-state index in [9.17, 15) is 4.79 Å². The molecule has 0 aliphatic carbocycles. The molecule has 74 valence electrons. The molecule has 4 nitrogen and oxygen atoms in total. The number of nitrogens with zero attached hydrogens (tertiary/aromatic N) is 2. The lowest BCUT2D eigenvalue weighted by molar-refractivity contribution is 0.00436. The predicted octanol–water partition coefficient (Wildman–Crippen LogP) is 0.902. The van der Waals surface area contributed by atoms with E-state index in [1.165, 1.54) is 6.42 Å². The highest BCUT2D eigenvalue weighted by Crippen LogP contribution is 2.06. The Kier molecular flexibility index (Phi) is 2.74. The summed E-state index contributed by atoms with van der Waals surface area (Å²) in [7, 11) is 0. The Bertz CT molecular complexity index is 309. The van der Waals surface area contributed by atoms with Gasteiger partial charge in [-0.25, -0.2) is 9.78 Å². The first kappa shape index (κ1) is 9.15. The average molecular weight is 192 g/mol. The maximum Gasteiger partial charge on any atom is 0.358 e. The van der Waals surface area contributed by atoms with Crippen LogP contribution in [-0.2, 0) is 4.74 Å². The van der Waals surface area contributed by atoms with Crippen molar-refractivity contribution in [3.63, 3.8) is 0 Å². The maximum atomic E-state index is 11.4. The van der Waals surface area contributed by atoms with Gasteiger partial charge in [-0.1, -0.05) is 6.07 Å². The van der Waals surface area contributed by atoms with E-state index in [0.717, 1.165) is 13.1 Å². The molecule has 0 unspecified atom stereocenters. The lowest BCUT2D eigenvalue weighted by Crippen LogP contribution is -2.39. The van der Waals surface area contributed by atoms with Gasteiger partial charge < -0.3 is 4.74 Å². The van der Waals surface area contributed by atoms with E-state index in [1.54, 1.807) is 24.4 Å². The third-order valence-corrected chi connectivity index (χ3v) is 2.20. The smallest absolute Gasteiger partial charge is 0.358 e. The van der Waals surface area contributed by atoms with Crippen LogP contribution >= 0.6 is 0 Å². The molecule has 0 aromatic carbocycles. The standard InChI is InChI=1S/C10H12N2O2/c13-10(9-4-1-2-5-11-9)14-8-12-6-3-7-12/h1-2,4-5H,3,6-8H2. The zero-order valence-electron chi connectivity index (χ0n) is 7.85. The third kappa shape index (κ3) is 2.09. The third-order valence-electron chi connectivity index (χ3n) is 2.20. The Morgan fingerprint density at radius 2 is 2.36 bits per heavy atom. The van der Waals surface area contributed by atoms with E-state index in [4.69, 9.17) is 4.74 Å². The van der Waals surface area contributed by atoms with Crippen LogP contribution in [0.2, 0.25) is 0 Å². The van der Waals surface area contributed by atoms with Crippen LogP contribution in [0.1, 0.15) is 16.9 Å². The zero-order valence-corrected chi connectivity index (χ0v) is 7.85. The minimum atomic E-state index is -0.350. The van der Waals surface area contributed by atoms with Gasteiger partial charge in [0.05, 0.1) is 0 Å². The molecule has 0 bridgehead atoms. The number of hydrogen-bond donors (Lipinski definition) is 0. The van der Waals surface area contributed by atoms with Gasteiger partial charge in [-0.3, -0.25) is 4.90 Å². The average Bonchev–Trinajstić information content (AvgIpc) is 2.16. The van der Waals surface area contributed by atoms with Crippen molar-refractivity contribution in [2.45, 2.75) is 6.42 Å². The van der Waals surface area contributed by atoms with Crippen LogP contribution in [0.15, 0.2) is 24.4 Å². The molecule has 2 heterocycles. The molecule has 0 amide bonds. The number of esters is 1. The van der Waals surface area contributed by atoms with E-state index >= 15 is 0 Å². The molecule has 2 rings (SSSR count). The van der Waals surface area contributed by atoms with E-state index in [-0.39, 0.29) is 5.97 Å². The van der Waals surface area contributed by atoms with Crippen molar-refractivity contribution in [3.8, 4) is 0 Å². The fourth-order valence-corrected chi connectivity index (χ4v) is 1.22. The van der Waals surface area contributed by atoms with Crippen LogP contribution in [0.5, 0.6) is 0 Å². The predicted molar refractivity (Wildman–Crippen MR) is 50.7 cm³/mol. The summed E-state index contributed by atoms with van der Waals surface area (Å²) in [5.74, 6) is -0.350. The Balaban J connectivity index is 1.83. The number of carbonyl (C=O) groups excluding carboxylic acids is 1. The topological polar surface area (TPSA) is 42.4 Å². The van der Waals surface area contributed by atoms with Gasteiger partial charge in [0.15, 0.2) is 0 Å². The number of rotatable bonds is 3. The summed E-state index contributed by atoms with van der Waals surface area (Å²) >= 11 is 0. The van der Waals surface area contributed by atoms with Gasteiger partial charge in [-0.2, -0.15) is 0 Å². The monoisotopic (exact) mass is 192 g/mol. The molecule has 1 aliphatic heterocycles. The zero-order chi connectivity index (χ0) is 9.80. The van der Waals surface area contributed by atoms with Crippen LogP contribution in [-0.4, -0.2) is 35.7 Å². The fraction of sp³-hybridized carbons (Fsp3) is 0.400. The Labute approximate surface area is 82.5 Å². The highest BCUT2D eigenvalue weighted by molar-refractivity contribution is 5.86. The maximum absolute atomic E-state index is 11.4. The number of likely N-dealkylation sites (tertiary alicyclic amines) is 1. The first-order chi connectivity index (χ1) is 6.86. The molecule has 4 heteroatoms. The van der Waals surface area contributed by atoms with E-state index in [0.29, 0.717) is 12.4 Å². The van der Waals surface area contributed by atoms with Gasteiger partial charge in [0.1, 0.15) is 12.4 Å². The van der Waals surface area contributed by atoms with Crippen molar-refractivity contribution >= 4 is 5.97 Å². The van der Waals surface area contributed by atoms with Crippen molar-refractivity contribution in [3.05, 3.63) is 30.1 Å². The molecule has 1 aliphatic rings. The van der Waals surface area contributed by atoms with Crippen molar-refractivity contribution in [1.82, 2.24) is 9.88 Å². The summed E-state index contributed by atoms with van der Waals surface area (Å²) in [5.41, 5.74) is 0.369. The second kappa shape index (κ2) is 4.19. The molecule has 14 heavy (non-hydrogen) atoms. The minimum absolute atomic E-state index is 0.350. The summed E-state index contributed by atoms with van der Waals surface area (Å²) in [6.07, 6.45) is 2.78. The van der Waals surface area contributed by atoms with Crippen LogP contribution in [0.3, 0.4) is 0 Å². The highest BCUT2D eigenvalue weighted by Gasteiger charge is 2.16. The van der Waals surface area contributed by atoms with Crippen LogP contribution in [0, 0.1) is 0 Å². The Morgan fingerprint density at radius 3 is 2.93 bits per heavy atom. The largest absolute Gasteiger partial charge is 0.445 e. The fourth-order valence-electron chi connectivity index (χ4n) is 1.22. The number of carbonyl (C=O) groups is 1. The lowest BCUT2D eigenvalue weighted by atomic mass is 10.2. The van der Waals surface area contributed by atoms with E-state index in [1.807, 2.05) is 0 Å². The first-order valence-electron chi connectivity index (χ1n) is 4.67. The van der Waals surface area contributed by atoms with Gasteiger partial charge >= 0.3 is 5.97 Å². The molecule has 0 N–H and O–H groups in total. The number of pyridine rings is 1. The summed E-state index contributed by atoms with van der Waals surface area (Å²) in [4.78, 5) is 17.4. The molecular formula is C10H12N2O2. The van der Waals surface area contributed by atoms with Crippen molar-refractivity contribution in [2.24, 2.45) is 0 Å².